The van der Waals surface area contributed by atoms with E-state index in [4.69, 9.17) is 16.3 Å². The van der Waals surface area contributed by atoms with Gasteiger partial charge in [0.1, 0.15) is 5.75 Å². The molecule has 0 radical (unpaired) electrons. The summed E-state index contributed by atoms with van der Waals surface area (Å²) in [4.78, 5) is 0. The summed E-state index contributed by atoms with van der Waals surface area (Å²) in [5.74, 6) is 0.0888. The van der Waals surface area contributed by atoms with E-state index in [1.807, 2.05) is 19.2 Å². The van der Waals surface area contributed by atoms with Crippen LogP contribution in [-0.4, -0.2) is 7.05 Å². The van der Waals surface area contributed by atoms with E-state index in [2.05, 4.69) is 21.2 Å². The molecule has 0 aromatic heterocycles. The highest BCUT2D eigenvalue weighted by Crippen LogP contribution is 2.33. The van der Waals surface area contributed by atoms with Gasteiger partial charge in [-0.1, -0.05) is 23.7 Å². The van der Waals surface area contributed by atoms with Crippen LogP contribution in [0.2, 0.25) is 5.02 Å². The molecule has 0 amide bonds. The van der Waals surface area contributed by atoms with E-state index >= 15 is 0 Å². The zero-order chi connectivity index (χ0) is 13.8. The van der Waals surface area contributed by atoms with E-state index in [1.54, 1.807) is 12.1 Å². The van der Waals surface area contributed by atoms with Crippen molar-refractivity contribution < 1.29 is 9.13 Å². The summed E-state index contributed by atoms with van der Waals surface area (Å²) in [6.07, 6.45) is 0. The zero-order valence-corrected chi connectivity index (χ0v) is 12.6. The first-order valence-electron chi connectivity index (χ1n) is 5.66. The van der Waals surface area contributed by atoms with Crippen LogP contribution in [0.1, 0.15) is 5.56 Å². The van der Waals surface area contributed by atoms with E-state index < -0.39 is 5.82 Å². The fourth-order valence-corrected chi connectivity index (χ4v) is 2.30. The lowest BCUT2D eigenvalue weighted by Crippen LogP contribution is -2.04. The lowest BCUT2D eigenvalue weighted by Gasteiger charge is -2.10. The third-order valence-electron chi connectivity index (χ3n) is 2.51. The molecular formula is C14H12BrClFNO. The summed E-state index contributed by atoms with van der Waals surface area (Å²) in [5.41, 5.74) is 1.10. The van der Waals surface area contributed by atoms with Crippen LogP contribution in [0, 0.1) is 5.82 Å². The summed E-state index contributed by atoms with van der Waals surface area (Å²) < 4.78 is 20.0. The largest absolute Gasteiger partial charge is 0.453 e. The molecule has 2 aromatic rings. The summed E-state index contributed by atoms with van der Waals surface area (Å²) in [5, 5.41) is 3.10. The maximum atomic E-state index is 13.7. The molecule has 0 unspecified atom stereocenters. The van der Waals surface area contributed by atoms with E-state index in [9.17, 15) is 4.39 Å². The first-order valence-corrected chi connectivity index (χ1v) is 6.84. The van der Waals surface area contributed by atoms with Gasteiger partial charge < -0.3 is 10.1 Å². The zero-order valence-electron chi connectivity index (χ0n) is 10.2. The van der Waals surface area contributed by atoms with Crippen molar-refractivity contribution in [3.63, 3.8) is 0 Å². The first-order chi connectivity index (χ1) is 9.11. The molecule has 100 valence electrons. The number of halogens is 3. The third-order valence-corrected chi connectivity index (χ3v) is 3.42. The molecule has 2 rings (SSSR count). The van der Waals surface area contributed by atoms with Crippen LogP contribution in [0.3, 0.4) is 0 Å². The highest BCUT2D eigenvalue weighted by molar-refractivity contribution is 9.10. The molecule has 0 aliphatic rings. The van der Waals surface area contributed by atoms with Crippen molar-refractivity contribution in [3.8, 4) is 11.5 Å². The van der Waals surface area contributed by atoms with Gasteiger partial charge in [-0.25, -0.2) is 4.39 Å². The maximum Gasteiger partial charge on any atom is 0.184 e. The van der Waals surface area contributed by atoms with Crippen LogP contribution in [0.4, 0.5) is 4.39 Å². The van der Waals surface area contributed by atoms with Crippen LogP contribution >= 0.6 is 27.5 Å². The molecule has 0 saturated heterocycles. The molecule has 0 fully saturated rings. The van der Waals surface area contributed by atoms with Crippen molar-refractivity contribution >= 4 is 27.5 Å². The van der Waals surface area contributed by atoms with Crippen LogP contribution in [0.15, 0.2) is 40.9 Å². The number of hydrogen-bond acceptors (Lipinski definition) is 2. The van der Waals surface area contributed by atoms with Gasteiger partial charge in [-0.3, -0.25) is 0 Å². The Kier molecular flexibility index (Phi) is 4.80. The standard InChI is InChI=1S/C14H12BrClFNO/c1-18-8-9-5-6-12(10(15)7-9)19-13-4-2-3-11(16)14(13)17/h2-7,18H,8H2,1H3. The lowest BCUT2D eigenvalue weighted by molar-refractivity contribution is 0.440. The number of hydrogen-bond donors (Lipinski definition) is 1. The van der Waals surface area contributed by atoms with Gasteiger partial charge in [-0.15, -0.1) is 0 Å². The average molecular weight is 345 g/mol. The second kappa shape index (κ2) is 6.37. The second-order valence-electron chi connectivity index (χ2n) is 3.95. The molecule has 0 bridgehead atoms. The highest BCUT2D eigenvalue weighted by Gasteiger charge is 2.10. The molecule has 2 nitrogen and oxygen atoms in total. The Labute approximate surface area is 124 Å². The quantitative estimate of drug-likeness (QED) is 0.864. The third kappa shape index (κ3) is 3.47. The number of ether oxygens (including phenoxy) is 1. The van der Waals surface area contributed by atoms with Gasteiger partial charge in [0.2, 0.25) is 0 Å². The Morgan fingerprint density at radius 3 is 2.74 bits per heavy atom. The van der Waals surface area contributed by atoms with E-state index in [-0.39, 0.29) is 10.8 Å². The van der Waals surface area contributed by atoms with Crippen LogP contribution < -0.4 is 10.1 Å². The average Bonchev–Trinajstić information content (AvgIpc) is 2.38. The van der Waals surface area contributed by atoms with Crippen molar-refractivity contribution in [2.75, 3.05) is 7.05 Å². The van der Waals surface area contributed by atoms with Gasteiger partial charge in [0.05, 0.1) is 9.50 Å². The summed E-state index contributed by atoms with van der Waals surface area (Å²) in [7, 11) is 1.87. The highest BCUT2D eigenvalue weighted by atomic mass is 79.9. The van der Waals surface area contributed by atoms with Gasteiger partial charge in [0.15, 0.2) is 11.6 Å². The minimum Gasteiger partial charge on any atom is -0.453 e. The Morgan fingerprint density at radius 2 is 2.05 bits per heavy atom. The number of benzene rings is 2. The van der Waals surface area contributed by atoms with Crippen molar-refractivity contribution in [2.45, 2.75) is 6.54 Å². The fraction of sp³-hybridized carbons (Fsp3) is 0.143. The van der Waals surface area contributed by atoms with Gasteiger partial charge in [-0.05, 0) is 52.8 Å². The van der Waals surface area contributed by atoms with Crippen molar-refractivity contribution in [1.29, 1.82) is 0 Å². The van der Waals surface area contributed by atoms with Crippen molar-refractivity contribution in [1.82, 2.24) is 5.32 Å². The molecule has 0 aliphatic carbocycles. The summed E-state index contributed by atoms with van der Waals surface area (Å²) in [6.45, 7) is 0.754. The monoisotopic (exact) mass is 343 g/mol. The Hall–Kier alpha value is -1.10. The molecule has 0 aliphatic heterocycles. The minimum atomic E-state index is -0.560. The smallest absolute Gasteiger partial charge is 0.184 e. The Balaban J connectivity index is 2.26. The molecular weight excluding hydrogens is 333 g/mol. The molecule has 0 atom stereocenters. The Morgan fingerprint density at radius 1 is 1.26 bits per heavy atom. The lowest BCUT2D eigenvalue weighted by atomic mass is 10.2. The summed E-state index contributed by atoms with van der Waals surface area (Å²) in [6, 6.07) is 10.3. The SMILES string of the molecule is CNCc1ccc(Oc2cccc(Cl)c2F)c(Br)c1. The molecule has 5 heteroatoms. The predicted octanol–water partition coefficient (Wildman–Crippen LogP) is 4.75. The second-order valence-corrected chi connectivity index (χ2v) is 5.21. The van der Waals surface area contributed by atoms with E-state index in [0.29, 0.717) is 5.75 Å². The molecule has 19 heavy (non-hydrogen) atoms. The molecule has 2 aromatic carbocycles. The van der Waals surface area contributed by atoms with Crippen molar-refractivity contribution in [3.05, 3.63) is 57.3 Å². The minimum absolute atomic E-state index is 0.0421. The first kappa shape index (κ1) is 14.3. The Bertz CT molecular complexity index is 592. The maximum absolute atomic E-state index is 13.7. The van der Waals surface area contributed by atoms with E-state index in [1.165, 1.54) is 12.1 Å². The number of rotatable bonds is 4. The predicted molar refractivity (Wildman–Crippen MR) is 78.4 cm³/mol. The fourth-order valence-electron chi connectivity index (χ4n) is 1.62. The normalized spacial score (nSPS) is 10.5. The molecule has 0 spiro atoms. The molecule has 0 heterocycles. The van der Waals surface area contributed by atoms with Gasteiger partial charge in [0, 0.05) is 6.54 Å². The van der Waals surface area contributed by atoms with Crippen LogP contribution in [0.5, 0.6) is 11.5 Å². The molecule has 1 N–H and O–H groups in total. The van der Waals surface area contributed by atoms with Crippen molar-refractivity contribution in [2.24, 2.45) is 0 Å². The van der Waals surface area contributed by atoms with Gasteiger partial charge >= 0.3 is 0 Å². The molecule has 0 saturated carbocycles. The van der Waals surface area contributed by atoms with Gasteiger partial charge in [0.25, 0.3) is 0 Å². The number of nitrogens with one attached hydrogen (secondary N) is 1. The van der Waals surface area contributed by atoms with Crippen LogP contribution in [-0.2, 0) is 6.54 Å². The summed E-state index contributed by atoms with van der Waals surface area (Å²) >= 11 is 9.12. The van der Waals surface area contributed by atoms with Crippen LogP contribution in [0.25, 0.3) is 0 Å². The topological polar surface area (TPSA) is 21.3 Å². The van der Waals surface area contributed by atoms with Gasteiger partial charge in [-0.2, -0.15) is 0 Å². The van der Waals surface area contributed by atoms with E-state index in [0.717, 1.165) is 16.6 Å².